The van der Waals surface area contributed by atoms with Crippen molar-refractivity contribution in [2.45, 2.75) is 38.8 Å². The Labute approximate surface area is 107 Å². The van der Waals surface area contributed by atoms with E-state index in [4.69, 9.17) is 4.74 Å². The summed E-state index contributed by atoms with van der Waals surface area (Å²) in [5, 5.41) is 9.80. The number of rotatable bonds is 1. The van der Waals surface area contributed by atoms with Gasteiger partial charge in [0, 0.05) is 12.1 Å². The topological polar surface area (TPSA) is 49.8 Å². The van der Waals surface area contributed by atoms with Crippen LogP contribution in [0.25, 0.3) is 0 Å². The standard InChI is InChI=1S/C14H19NO3/c1-14(2,3)18-13(17)15-9-8-11(15)10-6-4-5-7-12(10)16/h4-7,11,16H,8-9H2,1-3H3. The molecule has 0 bridgehead atoms. The van der Waals surface area contributed by atoms with Gasteiger partial charge in [-0.05, 0) is 33.3 Å². The summed E-state index contributed by atoms with van der Waals surface area (Å²) < 4.78 is 5.34. The zero-order valence-electron chi connectivity index (χ0n) is 11.0. The van der Waals surface area contributed by atoms with Crippen LogP contribution in [-0.2, 0) is 4.74 Å². The Bertz CT molecular complexity index is 451. The Kier molecular flexibility index (Phi) is 3.20. The third-order valence-corrected chi connectivity index (χ3v) is 2.94. The number of hydrogen-bond donors (Lipinski definition) is 1. The second-order valence-electron chi connectivity index (χ2n) is 5.54. The van der Waals surface area contributed by atoms with Gasteiger partial charge in [0.1, 0.15) is 11.4 Å². The van der Waals surface area contributed by atoms with Crippen LogP contribution in [0.4, 0.5) is 4.79 Å². The molecule has 1 fully saturated rings. The monoisotopic (exact) mass is 249 g/mol. The second-order valence-corrected chi connectivity index (χ2v) is 5.54. The van der Waals surface area contributed by atoms with E-state index >= 15 is 0 Å². The number of phenolic OH excluding ortho intramolecular Hbond substituents is 1. The van der Waals surface area contributed by atoms with E-state index in [1.807, 2.05) is 32.9 Å². The Morgan fingerprint density at radius 3 is 2.56 bits per heavy atom. The van der Waals surface area contributed by atoms with Gasteiger partial charge in [-0.25, -0.2) is 4.79 Å². The van der Waals surface area contributed by atoms with Crippen LogP contribution in [0.2, 0.25) is 0 Å². The molecular weight excluding hydrogens is 230 g/mol. The summed E-state index contributed by atoms with van der Waals surface area (Å²) in [5.41, 5.74) is 0.297. The van der Waals surface area contributed by atoms with Gasteiger partial charge in [-0.15, -0.1) is 0 Å². The van der Waals surface area contributed by atoms with Gasteiger partial charge in [-0.2, -0.15) is 0 Å². The fourth-order valence-corrected chi connectivity index (χ4v) is 2.02. The molecule has 0 aliphatic carbocycles. The zero-order valence-corrected chi connectivity index (χ0v) is 11.0. The summed E-state index contributed by atoms with van der Waals surface area (Å²) in [7, 11) is 0. The highest BCUT2D eigenvalue weighted by molar-refractivity contribution is 5.70. The van der Waals surface area contributed by atoms with E-state index in [1.54, 1.807) is 17.0 Å². The third-order valence-electron chi connectivity index (χ3n) is 2.94. The van der Waals surface area contributed by atoms with Crippen molar-refractivity contribution in [3.05, 3.63) is 29.8 Å². The summed E-state index contributed by atoms with van der Waals surface area (Å²) >= 11 is 0. The molecule has 0 spiro atoms. The van der Waals surface area contributed by atoms with Crippen molar-refractivity contribution in [1.82, 2.24) is 4.90 Å². The predicted molar refractivity (Wildman–Crippen MR) is 68.4 cm³/mol. The van der Waals surface area contributed by atoms with E-state index in [-0.39, 0.29) is 17.9 Å². The minimum Gasteiger partial charge on any atom is -0.508 e. The summed E-state index contributed by atoms with van der Waals surface area (Å²) in [4.78, 5) is 13.6. The van der Waals surface area contributed by atoms with E-state index in [0.29, 0.717) is 6.54 Å². The molecule has 18 heavy (non-hydrogen) atoms. The number of amides is 1. The second kappa shape index (κ2) is 4.52. The average molecular weight is 249 g/mol. The maximum absolute atomic E-state index is 12.0. The predicted octanol–water partition coefficient (Wildman–Crippen LogP) is 3.07. The molecule has 1 aromatic rings. The minimum atomic E-state index is -0.490. The van der Waals surface area contributed by atoms with Crippen molar-refractivity contribution in [2.75, 3.05) is 6.54 Å². The molecule has 0 radical (unpaired) electrons. The Morgan fingerprint density at radius 2 is 2.06 bits per heavy atom. The first-order valence-corrected chi connectivity index (χ1v) is 6.16. The quantitative estimate of drug-likeness (QED) is 0.832. The molecule has 1 aliphatic heterocycles. The van der Waals surface area contributed by atoms with Crippen molar-refractivity contribution in [3.63, 3.8) is 0 Å². The number of carbonyl (C=O) groups is 1. The number of ether oxygens (including phenoxy) is 1. The lowest BCUT2D eigenvalue weighted by Gasteiger charge is -2.41. The lowest BCUT2D eigenvalue weighted by Crippen LogP contribution is -2.47. The molecular formula is C14H19NO3. The van der Waals surface area contributed by atoms with Crippen LogP contribution >= 0.6 is 0 Å². The summed E-state index contributed by atoms with van der Waals surface area (Å²) in [6, 6.07) is 7.05. The van der Waals surface area contributed by atoms with E-state index in [9.17, 15) is 9.90 Å². The van der Waals surface area contributed by atoms with Crippen LogP contribution in [0.15, 0.2) is 24.3 Å². The first kappa shape index (κ1) is 12.7. The number of nitrogens with zero attached hydrogens (tertiary/aromatic N) is 1. The van der Waals surface area contributed by atoms with Crippen molar-refractivity contribution in [1.29, 1.82) is 0 Å². The van der Waals surface area contributed by atoms with Crippen LogP contribution < -0.4 is 0 Å². The Balaban J connectivity index is 2.09. The minimum absolute atomic E-state index is 0.0685. The maximum Gasteiger partial charge on any atom is 0.410 e. The molecule has 98 valence electrons. The van der Waals surface area contributed by atoms with E-state index in [2.05, 4.69) is 0 Å². The van der Waals surface area contributed by atoms with E-state index in [0.717, 1.165) is 12.0 Å². The number of carbonyl (C=O) groups excluding carboxylic acids is 1. The molecule has 1 unspecified atom stereocenters. The van der Waals surface area contributed by atoms with Crippen molar-refractivity contribution < 1.29 is 14.6 Å². The number of para-hydroxylation sites is 1. The van der Waals surface area contributed by atoms with Gasteiger partial charge in [0.2, 0.25) is 0 Å². The van der Waals surface area contributed by atoms with Gasteiger partial charge in [-0.3, -0.25) is 0 Å². The summed E-state index contributed by atoms with van der Waals surface area (Å²) in [6.45, 7) is 6.22. The molecule has 0 saturated carbocycles. The Morgan fingerprint density at radius 1 is 1.39 bits per heavy atom. The first-order chi connectivity index (χ1) is 8.38. The molecule has 2 rings (SSSR count). The Hall–Kier alpha value is -1.71. The molecule has 0 aromatic heterocycles. The average Bonchev–Trinajstić information content (AvgIpc) is 2.16. The van der Waals surface area contributed by atoms with Crippen molar-refractivity contribution >= 4 is 6.09 Å². The highest BCUT2D eigenvalue weighted by Crippen LogP contribution is 2.38. The van der Waals surface area contributed by atoms with Crippen LogP contribution in [0.5, 0.6) is 5.75 Å². The van der Waals surface area contributed by atoms with Gasteiger partial charge < -0.3 is 14.7 Å². The van der Waals surface area contributed by atoms with Crippen molar-refractivity contribution in [2.24, 2.45) is 0 Å². The van der Waals surface area contributed by atoms with Crippen LogP contribution in [0, 0.1) is 0 Å². The molecule has 1 amide bonds. The smallest absolute Gasteiger partial charge is 0.410 e. The SMILES string of the molecule is CC(C)(C)OC(=O)N1CCC1c1ccccc1O. The fraction of sp³-hybridized carbons (Fsp3) is 0.500. The lowest BCUT2D eigenvalue weighted by atomic mass is 9.94. The van der Waals surface area contributed by atoms with Gasteiger partial charge >= 0.3 is 6.09 Å². The third kappa shape index (κ3) is 2.58. The summed E-state index contributed by atoms with van der Waals surface area (Å²) in [5.74, 6) is 0.232. The molecule has 4 nitrogen and oxygen atoms in total. The van der Waals surface area contributed by atoms with Gasteiger partial charge in [0.15, 0.2) is 0 Å². The molecule has 1 N–H and O–H groups in total. The number of hydrogen-bond acceptors (Lipinski definition) is 3. The number of aromatic hydroxyl groups is 1. The van der Waals surface area contributed by atoms with Crippen LogP contribution in [0.3, 0.4) is 0 Å². The zero-order chi connectivity index (χ0) is 13.3. The number of likely N-dealkylation sites (tertiary alicyclic amines) is 1. The van der Waals surface area contributed by atoms with Crippen LogP contribution in [0.1, 0.15) is 38.8 Å². The fourth-order valence-electron chi connectivity index (χ4n) is 2.02. The highest BCUT2D eigenvalue weighted by atomic mass is 16.6. The molecule has 1 heterocycles. The van der Waals surface area contributed by atoms with Crippen LogP contribution in [-0.4, -0.2) is 28.2 Å². The largest absolute Gasteiger partial charge is 0.508 e. The van der Waals surface area contributed by atoms with Crippen molar-refractivity contribution in [3.8, 4) is 5.75 Å². The molecule has 1 aromatic carbocycles. The normalized spacial score (nSPS) is 19.3. The van der Waals surface area contributed by atoms with E-state index in [1.165, 1.54) is 0 Å². The van der Waals surface area contributed by atoms with Gasteiger partial charge in [-0.1, -0.05) is 18.2 Å². The van der Waals surface area contributed by atoms with Gasteiger partial charge in [0.25, 0.3) is 0 Å². The first-order valence-electron chi connectivity index (χ1n) is 6.16. The highest BCUT2D eigenvalue weighted by Gasteiger charge is 2.37. The number of phenols is 1. The lowest BCUT2D eigenvalue weighted by molar-refractivity contribution is -0.00605. The molecule has 1 atom stereocenters. The number of benzene rings is 1. The maximum atomic E-state index is 12.0. The summed E-state index contributed by atoms with van der Waals surface area (Å²) in [6.07, 6.45) is 0.540. The van der Waals surface area contributed by atoms with Gasteiger partial charge in [0.05, 0.1) is 6.04 Å². The van der Waals surface area contributed by atoms with E-state index < -0.39 is 5.60 Å². The molecule has 1 saturated heterocycles. The molecule has 1 aliphatic rings. The molecule has 4 heteroatoms.